The van der Waals surface area contributed by atoms with Gasteiger partial charge in [-0.15, -0.1) is 11.8 Å². The molecule has 2 aromatic rings. The van der Waals surface area contributed by atoms with E-state index in [1.54, 1.807) is 16.7 Å². The van der Waals surface area contributed by atoms with Gasteiger partial charge in [-0.25, -0.2) is 0 Å². The zero-order valence-corrected chi connectivity index (χ0v) is 12.5. The maximum absolute atomic E-state index is 12.8. The summed E-state index contributed by atoms with van der Waals surface area (Å²) in [5, 5.41) is 0. The largest absolute Gasteiger partial charge is 0.397 e. The molecule has 2 rings (SSSR count). The first-order chi connectivity index (χ1) is 9.69. The van der Waals surface area contributed by atoms with Crippen LogP contribution < -0.4 is 10.6 Å². The first-order valence-electron chi connectivity index (χ1n) is 6.48. The van der Waals surface area contributed by atoms with Crippen molar-refractivity contribution in [2.45, 2.75) is 11.8 Å². The first kappa shape index (κ1) is 14.5. The molecule has 4 heteroatoms. The zero-order chi connectivity index (χ0) is 14.5. The molecule has 0 atom stereocenters. The van der Waals surface area contributed by atoms with Crippen LogP contribution in [0.2, 0.25) is 0 Å². The Morgan fingerprint density at radius 2 is 1.80 bits per heavy atom. The fourth-order valence-corrected chi connectivity index (χ4v) is 2.71. The van der Waals surface area contributed by atoms with Crippen LogP contribution in [-0.2, 0) is 0 Å². The highest BCUT2D eigenvalue weighted by Crippen LogP contribution is 2.27. The normalized spacial score (nSPS) is 10.3. The topological polar surface area (TPSA) is 46.3 Å². The highest BCUT2D eigenvalue weighted by Gasteiger charge is 2.19. The molecule has 104 valence electrons. The van der Waals surface area contributed by atoms with E-state index < -0.39 is 0 Å². The molecule has 1 amide bonds. The van der Waals surface area contributed by atoms with E-state index in [9.17, 15) is 4.79 Å². The van der Waals surface area contributed by atoms with E-state index in [2.05, 4.69) is 0 Å². The number of hydrogen-bond donors (Lipinski definition) is 1. The summed E-state index contributed by atoms with van der Waals surface area (Å²) in [7, 11) is 0. The van der Waals surface area contributed by atoms with Gasteiger partial charge in [0, 0.05) is 11.4 Å². The van der Waals surface area contributed by atoms with Crippen LogP contribution in [0.3, 0.4) is 0 Å². The van der Waals surface area contributed by atoms with E-state index in [0.717, 1.165) is 10.6 Å². The van der Waals surface area contributed by atoms with Gasteiger partial charge < -0.3 is 10.6 Å². The monoisotopic (exact) mass is 286 g/mol. The van der Waals surface area contributed by atoms with Gasteiger partial charge in [-0.1, -0.05) is 24.3 Å². The van der Waals surface area contributed by atoms with Crippen molar-refractivity contribution in [1.29, 1.82) is 0 Å². The number of carbonyl (C=O) groups is 1. The van der Waals surface area contributed by atoms with Crippen LogP contribution in [0.5, 0.6) is 0 Å². The van der Waals surface area contributed by atoms with Gasteiger partial charge in [-0.3, -0.25) is 4.79 Å². The van der Waals surface area contributed by atoms with Gasteiger partial charge in [0.2, 0.25) is 0 Å². The SMILES string of the molecule is CCN(C(=O)c1ccccc1SC)c1ccccc1N. The first-order valence-corrected chi connectivity index (χ1v) is 7.71. The average Bonchev–Trinajstić information content (AvgIpc) is 2.49. The van der Waals surface area contributed by atoms with Gasteiger partial charge in [0.05, 0.1) is 16.9 Å². The molecular formula is C16H18N2OS. The second kappa shape index (κ2) is 6.48. The fraction of sp³-hybridized carbons (Fsp3) is 0.188. The summed E-state index contributed by atoms with van der Waals surface area (Å²) in [5.74, 6) is -0.0182. The summed E-state index contributed by atoms with van der Waals surface area (Å²) < 4.78 is 0. The lowest BCUT2D eigenvalue weighted by atomic mass is 10.1. The molecule has 2 aromatic carbocycles. The molecule has 3 nitrogen and oxygen atoms in total. The lowest BCUT2D eigenvalue weighted by molar-refractivity contribution is 0.0985. The lowest BCUT2D eigenvalue weighted by Gasteiger charge is -2.23. The van der Waals surface area contributed by atoms with Crippen LogP contribution >= 0.6 is 11.8 Å². The third-order valence-corrected chi connectivity index (χ3v) is 3.92. The van der Waals surface area contributed by atoms with Crippen LogP contribution in [0, 0.1) is 0 Å². The van der Waals surface area contributed by atoms with Crippen LogP contribution in [0.1, 0.15) is 17.3 Å². The fourth-order valence-electron chi connectivity index (χ4n) is 2.12. The molecule has 0 fully saturated rings. The Bertz CT molecular complexity index is 613. The molecule has 0 aliphatic carbocycles. The van der Waals surface area contributed by atoms with Crippen LogP contribution in [0.25, 0.3) is 0 Å². The Morgan fingerprint density at radius 1 is 1.15 bits per heavy atom. The molecule has 0 aromatic heterocycles. The second-order valence-electron chi connectivity index (χ2n) is 4.31. The van der Waals surface area contributed by atoms with E-state index in [0.29, 0.717) is 17.8 Å². The van der Waals surface area contributed by atoms with E-state index in [-0.39, 0.29) is 5.91 Å². The number of hydrogen-bond acceptors (Lipinski definition) is 3. The quantitative estimate of drug-likeness (QED) is 0.689. The van der Waals surface area contributed by atoms with Crippen LogP contribution in [-0.4, -0.2) is 18.7 Å². The number of thioether (sulfide) groups is 1. The number of para-hydroxylation sites is 2. The Kier molecular flexibility index (Phi) is 4.69. The third kappa shape index (κ3) is 2.80. The number of nitrogens with zero attached hydrogens (tertiary/aromatic N) is 1. The number of rotatable bonds is 4. The molecule has 0 saturated carbocycles. The number of nitrogen functional groups attached to an aromatic ring is 1. The average molecular weight is 286 g/mol. The Labute approximate surface area is 123 Å². The van der Waals surface area contributed by atoms with Crippen molar-refractivity contribution >= 4 is 29.0 Å². The van der Waals surface area contributed by atoms with Crippen molar-refractivity contribution < 1.29 is 4.79 Å². The van der Waals surface area contributed by atoms with Crippen LogP contribution in [0.4, 0.5) is 11.4 Å². The van der Waals surface area contributed by atoms with E-state index in [1.807, 2.05) is 61.7 Å². The van der Waals surface area contributed by atoms with Gasteiger partial charge in [0.25, 0.3) is 5.91 Å². The predicted octanol–water partition coefficient (Wildman–Crippen LogP) is 3.66. The third-order valence-electron chi connectivity index (χ3n) is 3.13. The van der Waals surface area contributed by atoms with E-state index >= 15 is 0 Å². The number of benzene rings is 2. The number of amides is 1. The molecule has 0 radical (unpaired) electrons. The standard InChI is InChI=1S/C16H18N2OS/c1-3-18(14-10-6-5-9-13(14)17)16(19)12-8-4-7-11-15(12)20-2/h4-11H,3,17H2,1-2H3. The zero-order valence-electron chi connectivity index (χ0n) is 11.7. The summed E-state index contributed by atoms with van der Waals surface area (Å²) in [6.45, 7) is 2.53. The Hall–Kier alpha value is -1.94. The predicted molar refractivity (Wildman–Crippen MR) is 86.4 cm³/mol. The van der Waals surface area contributed by atoms with Gasteiger partial charge in [0.1, 0.15) is 0 Å². The van der Waals surface area contributed by atoms with Crippen molar-refractivity contribution in [3.8, 4) is 0 Å². The molecule has 0 bridgehead atoms. The van der Waals surface area contributed by atoms with Crippen molar-refractivity contribution in [3.63, 3.8) is 0 Å². The maximum Gasteiger partial charge on any atom is 0.259 e. The summed E-state index contributed by atoms with van der Waals surface area (Å²) in [4.78, 5) is 15.5. The van der Waals surface area contributed by atoms with Gasteiger partial charge in [-0.2, -0.15) is 0 Å². The smallest absolute Gasteiger partial charge is 0.259 e. The molecular weight excluding hydrogens is 268 g/mol. The number of anilines is 2. The Morgan fingerprint density at radius 3 is 2.45 bits per heavy atom. The maximum atomic E-state index is 12.8. The van der Waals surface area contributed by atoms with Crippen molar-refractivity contribution in [2.24, 2.45) is 0 Å². The lowest BCUT2D eigenvalue weighted by Crippen LogP contribution is -2.31. The molecule has 20 heavy (non-hydrogen) atoms. The minimum absolute atomic E-state index is 0.0182. The van der Waals surface area contributed by atoms with Gasteiger partial charge >= 0.3 is 0 Å². The summed E-state index contributed by atoms with van der Waals surface area (Å²) in [6, 6.07) is 15.1. The minimum Gasteiger partial charge on any atom is -0.397 e. The minimum atomic E-state index is -0.0182. The van der Waals surface area contributed by atoms with E-state index in [4.69, 9.17) is 5.73 Å². The van der Waals surface area contributed by atoms with Crippen molar-refractivity contribution in [2.75, 3.05) is 23.4 Å². The highest BCUT2D eigenvalue weighted by atomic mass is 32.2. The molecule has 0 aliphatic rings. The summed E-state index contributed by atoms with van der Waals surface area (Å²) in [6.07, 6.45) is 1.97. The molecule has 0 aliphatic heterocycles. The van der Waals surface area contributed by atoms with Gasteiger partial charge in [-0.05, 0) is 37.4 Å². The second-order valence-corrected chi connectivity index (χ2v) is 5.16. The van der Waals surface area contributed by atoms with Crippen molar-refractivity contribution in [1.82, 2.24) is 0 Å². The number of carbonyl (C=O) groups excluding carboxylic acids is 1. The van der Waals surface area contributed by atoms with Gasteiger partial charge in [0.15, 0.2) is 0 Å². The number of nitrogens with two attached hydrogens (primary N) is 1. The molecule has 0 saturated heterocycles. The van der Waals surface area contributed by atoms with Crippen molar-refractivity contribution in [3.05, 3.63) is 54.1 Å². The van der Waals surface area contributed by atoms with Crippen LogP contribution in [0.15, 0.2) is 53.4 Å². The molecule has 0 heterocycles. The molecule has 0 spiro atoms. The Balaban J connectivity index is 2.42. The summed E-state index contributed by atoms with van der Waals surface area (Å²) >= 11 is 1.57. The summed E-state index contributed by atoms with van der Waals surface area (Å²) in [5.41, 5.74) is 8.07. The van der Waals surface area contributed by atoms with E-state index in [1.165, 1.54) is 0 Å². The highest BCUT2D eigenvalue weighted by molar-refractivity contribution is 7.98. The molecule has 0 unspecified atom stereocenters. The molecule has 2 N–H and O–H groups in total.